The van der Waals surface area contributed by atoms with Crippen molar-refractivity contribution >= 4 is 11.8 Å². The molecule has 0 aliphatic rings. The molecule has 15 heavy (non-hydrogen) atoms. The average molecular weight is 209 g/mol. The minimum absolute atomic E-state index is 0.00233. The number of amides is 1. The summed E-state index contributed by atoms with van der Waals surface area (Å²) in [6.45, 7) is 3.49. The van der Waals surface area contributed by atoms with Crippen LogP contribution in [0.15, 0.2) is 24.3 Å². The lowest BCUT2D eigenvalue weighted by molar-refractivity contribution is 0.0858. The van der Waals surface area contributed by atoms with Crippen LogP contribution in [0.25, 0.3) is 0 Å². The lowest BCUT2D eigenvalue weighted by Gasteiger charge is -2.08. The number of hydrogen-bond acceptors (Lipinski definition) is 3. The number of carbonyl (C=O) groups is 1. The zero-order valence-corrected chi connectivity index (χ0v) is 8.86. The average Bonchev–Trinajstić information content (AvgIpc) is 2.15. The van der Waals surface area contributed by atoms with Crippen molar-refractivity contribution in [2.45, 2.75) is 20.0 Å². The summed E-state index contributed by atoms with van der Waals surface area (Å²) >= 11 is 0. The highest BCUT2D eigenvalue weighted by Gasteiger charge is 2.04. The Morgan fingerprint density at radius 3 is 2.93 bits per heavy atom. The van der Waals surface area contributed by atoms with E-state index in [4.69, 9.17) is 9.84 Å². The molecule has 2 N–H and O–H groups in total. The smallest absolute Gasteiger partial charge is 0.411 e. The Balaban J connectivity index is 2.44. The molecule has 1 unspecified atom stereocenters. The standard InChI is InChI=1S/C11H15NO3/c1-8-4-3-5-10(6-8)12-11(14)15-7-9(2)13/h3-6,9,13H,7H2,1-2H3,(H,12,14). The number of hydrogen-bond donors (Lipinski definition) is 2. The van der Waals surface area contributed by atoms with Crippen LogP contribution >= 0.6 is 0 Å². The normalized spacial score (nSPS) is 11.9. The van der Waals surface area contributed by atoms with Crippen molar-refractivity contribution in [2.24, 2.45) is 0 Å². The van der Waals surface area contributed by atoms with E-state index in [-0.39, 0.29) is 6.61 Å². The molecule has 1 aromatic rings. The second-order valence-corrected chi connectivity index (χ2v) is 3.44. The quantitative estimate of drug-likeness (QED) is 0.799. The van der Waals surface area contributed by atoms with Gasteiger partial charge in [-0.25, -0.2) is 4.79 Å². The van der Waals surface area contributed by atoms with Crippen molar-refractivity contribution in [3.8, 4) is 0 Å². The number of aliphatic hydroxyl groups is 1. The predicted octanol–water partition coefficient (Wildman–Crippen LogP) is 1.92. The van der Waals surface area contributed by atoms with Crippen LogP contribution in [0.2, 0.25) is 0 Å². The van der Waals surface area contributed by atoms with Crippen LogP contribution in [0.4, 0.5) is 10.5 Å². The number of rotatable bonds is 3. The van der Waals surface area contributed by atoms with Crippen LogP contribution in [-0.4, -0.2) is 23.9 Å². The fourth-order valence-corrected chi connectivity index (χ4v) is 1.07. The Kier molecular flexibility index (Phi) is 4.12. The number of nitrogens with one attached hydrogen (secondary N) is 1. The molecule has 0 saturated carbocycles. The van der Waals surface area contributed by atoms with Crippen LogP contribution in [0, 0.1) is 6.92 Å². The zero-order valence-electron chi connectivity index (χ0n) is 8.86. The van der Waals surface area contributed by atoms with E-state index < -0.39 is 12.2 Å². The molecule has 0 heterocycles. The number of carbonyl (C=O) groups excluding carboxylic acids is 1. The van der Waals surface area contributed by atoms with Crippen molar-refractivity contribution in [3.63, 3.8) is 0 Å². The lowest BCUT2D eigenvalue weighted by Crippen LogP contribution is -2.19. The number of anilines is 1. The van der Waals surface area contributed by atoms with Crippen LogP contribution in [0.1, 0.15) is 12.5 Å². The van der Waals surface area contributed by atoms with Gasteiger partial charge in [0.2, 0.25) is 0 Å². The Bertz CT molecular complexity index is 336. The highest BCUT2D eigenvalue weighted by atomic mass is 16.6. The monoisotopic (exact) mass is 209 g/mol. The Labute approximate surface area is 88.9 Å². The van der Waals surface area contributed by atoms with Crippen molar-refractivity contribution < 1.29 is 14.6 Å². The summed E-state index contributed by atoms with van der Waals surface area (Å²) in [6.07, 6.45) is -1.20. The third-order valence-electron chi connectivity index (χ3n) is 1.72. The van der Waals surface area contributed by atoms with Crippen LogP contribution in [-0.2, 0) is 4.74 Å². The van der Waals surface area contributed by atoms with Crippen LogP contribution < -0.4 is 5.32 Å². The van der Waals surface area contributed by atoms with Gasteiger partial charge in [0, 0.05) is 5.69 Å². The third-order valence-corrected chi connectivity index (χ3v) is 1.72. The molecule has 1 aromatic carbocycles. The molecule has 0 aromatic heterocycles. The van der Waals surface area contributed by atoms with Gasteiger partial charge in [0.05, 0.1) is 6.10 Å². The maximum Gasteiger partial charge on any atom is 0.411 e. The van der Waals surface area contributed by atoms with Gasteiger partial charge in [0.1, 0.15) is 6.61 Å². The van der Waals surface area contributed by atoms with Crippen molar-refractivity contribution in [1.29, 1.82) is 0 Å². The summed E-state index contributed by atoms with van der Waals surface area (Å²) in [6, 6.07) is 7.40. The summed E-state index contributed by atoms with van der Waals surface area (Å²) in [4.78, 5) is 11.2. The highest BCUT2D eigenvalue weighted by Crippen LogP contribution is 2.09. The molecular weight excluding hydrogens is 194 g/mol. The molecule has 0 fully saturated rings. The first-order valence-corrected chi connectivity index (χ1v) is 4.76. The molecule has 0 radical (unpaired) electrons. The van der Waals surface area contributed by atoms with E-state index in [0.29, 0.717) is 5.69 Å². The molecule has 1 rings (SSSR count). The van der Waals surface area contributed by atoms with Crippen molar-refractivity contribution in [1.82, 2.24) is 0 Å². The summed E-state index contributed by atoms with van der Waals surface area (Å²) in [5.41, 5.74) is 1.74. The topological polar surface area (TPSA) is 58.6 Å². The van der Waals surface area contributed by atoms with Gasteiger partial charge in [0.15, 0.2) is 0 Å². The van der Waals surface area contributed by atoms with Gasteiger partial charge < -0.3 is 9.84 Å². The van der Waals surface area contributed by atoms with E-state index in [1.165, 1.54) is 0 Å². The molecule has 4 nitrogen and oxygen atoms in total. The van der Waals surface area contributed by atoms with Gasteiger partial charge in [-0.05, 0) is 31.5 Å². The minimum atomic E-state index is -0.645. The van der Waals surface area contributed by atoms with Gasteiger partial charge in [0.25, 0.3) is 0 Å². The van der Waals surface area contributed by atoms with Gasteiger partial charge in [-0.2, -0.15) is 0 Å². The fraction of sp³-hybridized carbons (Fsp3) is 0.364. The first-order valence-electron chi connectivity index (χ1n) is 4.76. The molecular formula is C11H15NO3. The zero-order chi connectivity index (χ0) is 11.3. The van der Waals surface area contributed by atoms with E-state index in [0.717, 1.165) is 5.56 Å². The summed E-state index contributed by atoms with van der Waals surface area (Å²) < 4.78 is 4.75. The van der Waals surface area contributed by atoms with Crippen molar-refractivity contribution in [2.75, 3.05) is 11.9 Å². The molecule has 0 bridgehead atoms. The lowest BCUT2D eigenvalue weighted by atomic mass is 10.2. The largest absolute Gasteiger partial charge is 0.447 e. The Hall–Kier alpha value is -1.55. The van der Waals surface area contributed by atoms with E-state index >= 15 is 0 Å². The summed E-state index contributed by atoms with van der Waals surface area (Å²) in [5, 5.41) is 11.5. The SMILES string of the molecule is Cc1cccc(NC(=O)OCC(C)O)c1. The van der Waals surface area contributed by atoms with Crippen LogP contribution in [0.5, 0.6) is 0 Å². The van der Waals surface area contributed by atoms with E-state index in [1.807, 2.05) is 25.1 Å². The third kappa shape index (κ3) is 4.46. The van der Waals surface area contributed by atoms with Gasteiger partial charge in [-0.15, -0.1) is 0 Å². The molecule has 1 atom stereocenters. The maximum absolute atomic E-state index is 11.2. The first-order chi connectivity index (χ1) is 7.08. The maximum atomic E-state index is 11.2. The van der Waals surface area contributed by atoms with E-state index in [2.05, 4.69) is 5.32 Å². The fourth-order valence-electron chi connectivity index (χ4n) is 1.07. The van der Waals surface area contributed by atoms with Gasteiger partial charge in [-0.1, -0.05) is 12.1 Å². The molecule has 0 aliphatic carbocycles. The Morgan fingerprint density at radius 1 is 1.60 bits per heavy atom. The predicted molar refractivity (Wildman–Crippen MR) is 57.8 cm³/mol. The van der Waals surface area contributed by atoms with Gasteiger partial charge in [-0.3, -0.25) is 5.32 Å². The second kappa shape index (κ2) is 5.36. The first kappa shape index (κ1) is 11.5. The minimum Gasteiger partial charge on any atom is -0.447 e. The number of aryl methyl sites for hydroxylation is 1. The highest BCUT2D eigenvalue weighted by molar-refractivity contribution is 5.84. The molecule has 0 saturated heterocycles. The summed E-state index contributed by atoms with van der Waals surface area (Å²) in [5.74, 6) is 0. The number of benzene rings is 1. The van der Waals surface area contributed by atoms with Crippen LogP contribution in [0.3, 0.4) is 0 Å². The molecule has 4 heteroatoms. The number of ether oxygens (including phenoxy) is 1. The molecule has 0 aliphatic heterocycles. The molecule has 1 amide bonds. The molecule has 82 valence electrons. The van der Waals surface area contributed by atoms with Gasteiger partial charge >= 0.3 is 6.09 Å². The van der Waals surface area contributed by atoms with Crippen molar-refractivity contribution in [3.05, 3.63) is 29.8 Å². The van der Waals surface area contributed by atoms with E-state index in [9.17, 15) is 4.79 Å². The summed E-state index contributed by atoms with van der Waals surface area (Å²) in [7, 11) is 0. The Morgan fingerprint density at radius 2 is 2.33 bits per heavy atom. The molecule has 0 spiro atoms. The second-order valence-electron chi connectivity index (χ2n) is 3.44. The van der Waals surface area contributed by atoms with E-state index in [1.54, 1.807) is 13.0 Å². The number of aliphatic hydroxyl groups excluding tert-OH is 1.